The van der Waals surface area contributed by atoms with Crippen LogP contribution in [0.5, 0.6) is 0 Å². The standard InChI is InChI=1S/C24H24ClN3O4S/c1-17-12-13-19(14-21(17)25)28(33(2,31)32)16-23(29)27-22-11-7-6-10-20(22)24(30)26-15-18-8-4-3-5-9-18/h3-14H,15-16H2,1-2H3,(H,26,30)(H,27,29). The molecule has 0 spiro atoms. The van der Waals surface area contributed by atoms with Crippen molar-refractivity contribution in [2.45, 2.75) is 13.5 Å². The Balaban J connectivity index is 1.75. The predicted octanol–water partition coefficient (Wildman–Crippen LogP) is 3.98. The van der Waals surface area contributed by atoms with Gasteiger partial charge >= 0.3 is 0 Å². The third-order valence-corrected chi connectivity index (χ3v) is 6.42. The first-order valence-corrected chi connectivity index (χ1v) is 12.3. The Kier molecular flexibility index (Phi) is 7.73. The minimum absolute atomic E-state index is 0.270. The molecule has 0 fully saturated rings. The molecule has 2 N–H and O–H groups in total. The highest BCUT2D eigenvalue weighted by Gasteiger charge is 2.22. The second kappa shape index (κ2) is 10.5. The van der Waals surface area contributed by atoms with Crippen LogP contribution in [0.4, 0.5) is 11.4 Å². The zero-order valence-electron chi connectivity index (χ0n) is 18.2. The topological polar surface area (TPSA) is 95.6 Å². The molecule has 7 nitrogen and oxygen atoms in total. The lowest BCUT2D eigenvalue weighted by Crippen LogP contribution is -2.37. The Hall–Kier alpha value is -3.36. The first kappa shape index (κ1) is 24.3. The Morgan fingerprint density at radius 2 is 1.64 bits per heavy atom. The van der Waals surface area contributed by atoms with Gasteiger partial charge in [-0.15, -0.1) is 0 Å². The first-order valence-electron chi connectivity index (χ1n) is 10.1. The Morgan fingerprint density at radius 3 is 2.30 bits per heavy atom. The van der Waals surface area contributed by atoms with E-state index in [0.717, 1.165) is 21.7 Å². The highest BCUT2D eigenvalue weighted by atomic mass is 35.5. The molecule has 0 saturated carbocycles. The van der Waals surface area contributed by atoms with Gasteiger partial charge in [0.05, 0.1) is 23.2 Å². The Morgan fingerprint density at radius 1 is 0.970 bits per heavy atom. The number of nitrogens with one attached hydrogen (secondary N) is 2. The van der Waals surface area contributed by atoms with Gasteiger partial charge in [0.2, 0.25) is 15.9 Å². The number of nitrogens with zero attached hydrogens (tertiary/aromatic N) is 1. The molecule has 0 aliphatic heterocycles. The molecule has 0 saturated heterocycles. The van der Waals surface area contributed by atoms with Crippen LogP contribution in [0.2, 0.25) is 5.02 Å². The van der Waals surface area contributed by atoms with Gasteiger partial charge in [-0.2, -0.15) is 0 Å². The maximum atomic E-state index is 12.8. The molecule has 3 rings (SSSR count). The minimum Gasteiger partial charge on any atom is -0.348 e. The number of hydrogen-bond acceptors (Lipinski definition) is 4. The molecule has 0 aromatic heterocycles. The van der Waals surface area contributed by atoms with Gasteiger partial charge in [-0.05, 0) is 42.3 Å². The molecule has 0 atom stereocenters. The van der Waals surface area contributed by atoms with Gasteiger partial charge in [0, 0.05) is 11.6 Å². The Labute approximate surface area is 198 Å². The maximum Gasteiger partial charge on any atom is 0.253 e. The lowest BCUT2D eigenvalue weighted by atomic mass is 10.1. The number of anilines is 2. The van der Waals surface area contributed by atoms with Crippen molar-refractivity contribution >= 4 is 44.8 Å². The van der Waals surface area contributed by atoms with Gasteiger partial charge in [-0.3, -0.25) is 13.9 Å². The van der Waals surface area contributed by atoms with E-state index in [4.69, 9.17) is 11.6 Å². The van der Waals surface area contributed by atoms with E-state index in [2.05, 4.69) is 10.6 Å². The molecule has 0 aliphatic carbocycles. The van der Waals surface area contributed by atoms with Gasteiger partial charge in [0.25, 0.3) is 5.91 Å². The molecule has 0 aliphatic rings. The summed E-state index contributed by atoms with van der Waals surface area (Å²) >= 11 is 6.14. The third-order valence-electron chi connectivity index (χ3n) is 4.87. The zero-order chi connectivity index (χ0) is 24.0. The molecule has 2 amide bonds. The fourth-order valence-corrected chi connectivity index (χ4v) is 4.14. The summed E-state index contributed by atoms with van der Waals surface area (Å²) in [6.07, 6.45) is 1.01. The number of amides is 2. The molecular formula is C24H24ClN3O4S. The quantitative estimate of drug-likeness (QED) is 0.504. The predicted molar refractivity (Wildman–Crippen MR) is 131 cm³/mol. The van der Waals surface area contributed by atoms with Crippen LogP contribution in [0.1, 0.15) is 21.5 Å². The second-order valence-electron chi connectivity index (χ2n) is 7.47. The highest BCUT2D eigenvalue weighted by Crippen LogP contribution is 2.25. The molecule has 0 radical (unpaired) electrons. The number of rotatable bonds is 8. The van der Waals surface area contributed by atoms with Crippen LogP contribution in [-0.2, 0) is 21.4 Å². The largest absolute Gasteiger partial charge is 0.348 e. The first-order chi connectivity index (χ1) is 15.6. The van der Waals surface area contributed by atoms with E-state index in [1.165, 1.54) is 6.07 Å². The Bertz CT molecular complexity index is 1260. The number of benzene rings is 3. The molecule has 9 heteroatoms. The molecular weight excluding hydrogens is 462 g/mol. The highest BCUT2D eigenvalue weighted by molar-refractivity contribution is 7.92. The number of hydrogen-bond donors (Lipinski definition) is 2. The summed E-state index contributed by atoms with van der Waals surface area (Å²) in [4.78, 5) is 25.5. The van der Waals surface area contributed by atoms with E-state index < -0.39 is 22.5 Å². The van der Waals surface area contributed by atoms with Crippen molar-refractivity contribution in [3.05, 3.63) is 94.5 Å². The zero-order valence-corrected chi connectivity index (χ0v) is 19.8. The van der Waals surface area contributed by atoms with Gasteiger partial charge in [0.15, 0.2) is 0 Å². The van der Waals surface area contributed by atoms with E-state index in [9.17, 15) is 18.0 Å². The maximum absolute atomic E-state index is 12.8. The van der Waals surface area contributed by atoms with Crippen LogP contribution >= 0.6 is 11.6 Å². The van der Waals surface area contributed by atoms with Crippen LogP contribution in [0.25, 0.3) is 0 Å². The molecule has 0 heterocycles. The summed E-state index contributed by atoms with van der Waals surface area (Å²) in [5, 5.41) is 5.86. The van der Waals surface area contributed by atoms with Gasteiger partial charge < -0.3 is 10.6 Å². The van der Waals surface area contributed by atoms with Crippen molar-refractivity contribution in [3.63, 3.8) is 0 Å². The van der Waals surface area contributed by atoms with E-state index in [0.29, 0.717) is 11.6 Å². The summed E-state index contributed by atoms with van der Waals surface area (Å²) in [5.41, 5.74) is 2.55. The van der Waals surface area contributed by atoms with Crippen molar-refractivity contribution in [1.82, 2.24) is 5.32 Å². The summed E-state index contributed by atoms with van der Waals surface area (Å²) in [7, 11) is -3.77. The van der Waals surface area contributed by atoms with Crippen LogP contribution < -0.4 is 14.9 Å². The van der Waals surface area contributed by atoms with Crippen molar-refractivity contribution in [3.8, 4) is 0 Å². The fraction of sp³-hybridized carbons (Fsp3) is 0.167. The number of sulfonamides is 1. The number of carbonyl (C=O) groups is 2. The van der Waals surface area contributed by atoms with Gasteiger partial charge in [-0.1, -0.05) is 60.1 Å². The molecule has 0 unspecified atom stereocenters. The van der Waals surface area contributed by atoms with E-state index in [1.54, 1.807) is 43.3 Å². The number of carbonyl (C=O) groups excluding carboxylic acids is 2. The lowest BCUT2D eigenvalue weighted by Gasteiger charge is -2.22. The molecule has 3 aromatic rings. The summed E-state index contributed by atoms with van der Waals surface area (Å²) in [5.74, 6) is -0.958. The molecule has 33 heavy (non-hydrogen) atoms. The number of aryl methyl sites for hydroxylation is 1. The molecule has 172 valence electrons. The summed E-state index contributed by atoms with van der Waals surface area (Å²) in [6, 6.07) is 20.7. The number of para-hydroxylation sites is 1. The van der Waals surface area contributed by atoms with E-state index in [-0.39, 0.29) is 22.8 Å². The normalized spacial score (nSPS) is 11.0. The van der Waals surface area contributed by atoms with Crippen molar-refractivity contribution < 1.29 is 18.0 Å². The number of halogens is 1. The minimum atomic E-state index is -3.77. The van der Waals surface area contributed by atoms with Crippen LogP contribution in [0.3, 0.4) is 0 Å². The third kappa shape index (κ3) is 6.57. The summed E-state index contributed by atoms with van der Waals surface area (Å²) < 4.78 is 25.7. The van der Waals surface area contributed by atoms with Gasteiger partial charge in [-0.25, -0.2) is 8.42 Å². The van der Waals surface area contributed by atoms with Crippen molar-refractivity contribution in [2.24, 2.45) is 0 Å². The van der Waals surface area contributed by atoms with Crippen molar-refractivity contribution in [1.29, 1.82) is 0 Å². The lowest BCUT2D eigenvalue weighted by molar-refractivity contribution is -0.114. The van der Waals surface area contributed by atoms with E-state index in [1.807, 2.05) is 30.3 Å². The monoisotopic (exact) mass is 485 g/mol. The molecule has 3 aromatic carbocycles. The van der Waals surface area contributed by atoms with E-state index >= 15 is 0 Å². The average molecular weight is 486 g/mol. The smallest absolute Gasteiger partial charge is 0.253 e. The molecule has 0 bridgehead atoms. The van der Waals surface area contributed by atoms with Crippen LogP contribution in [-0.4, -0.2) is 33.0 Å². The van der Waals surface area contributed by atoms with Crippen molar-refractivity contribution in [2.75, 3.05) is 22.4 Å². The second-order valence-corrected chi connectivity index (χ2v) is 9.78. The fourth-order valence-electron chi connectivity index (χ4n) is 3.12. The van der Waals surface area contributed by atoms with Crippen LogP contribution in [0, 0.1) is 6.92 Å². The summed E-state index contributed by atoms with van der Waals surface area (Å²) in [6.45, 7) is 1.65. The SMILES string of the molecule is Cc1ccc(N(CC(=O)Nc2ccccc2C(=O)NCc2ccccc2)S(C)(=O)=O)cc1Cl. The average Bonchev–Trinajstić information content (AvgIpc) is 2.78. The van der Waals surface area contributed by atoms with Crippen LogP contribution in [0.15, 0.2) is 72.8 Å². The van der Waals surface area contributed by atoms with Gasteiger partial charge in [0.1, 0.15) is 6.54 Å².